The van der Waals surface area contributed by atoms with Gasteiger partial charge in [-0.05, 0) is 52.4 Å². The zero-order chi connectivity index (χ0) is 11.0. The first-order valence-electron chi connectivity index (χ1n) is 6.00. The topological polar surface area (TPSA) is 15.3 Å². The van der Waals surface area contributed by atoms with Crippen LogP contribution in [0.15, 0.2) is 0 Å². The lowest BCUT2D eigenvalue weighted by Crippen LogP contribution is -2.34. The van der Waals surface area contributed by atoms with E-state index in [1.54, 1.807) is 0 Å². The van der Waals surface area contributed by atoms with Gasteiger partial charge >= 0.3 is 0 Å². The van der Waals surface area contributed by atoms with Gasteiger partial charge in [0.05, 0.1) is 0 Å². The van der Waals surface area contributed by atoms with Crippen LogP contribution >= 0.6 is 0 Å². The fraction of sp³-hybridized carbons (Fsp3) is 1.00. The third-order valence-electron chi connectivity index (χ3n) is 3.02. The Bertz CT molecular complexity index is 123. The molecule has 0 heterocycles. The van der Waals surface area contributed by atoms with E-state index < -0.39 is 0 Å². The maximum Gasteiger partial charge on any atom is 0.00868 e. The molecule has 0 aromatic carbocycles. The van der Waals surface area contributed by atoms with Gasteiger partial charge in [0.15, 0.2) is 0 Å². The molecule has 0 saturated carbocycles. The third kappa shape index (κ3) is 6.39. The number of hydrogen-bond donors (Lipinski definition) is 1. The molecule has 0 spiro atoms. The van der Waals surface area contributed by atoms with E-state index in [9.17, 15) is 0 Å². The molecule has 0 fully saturated rings. The van der Waals surface area contributed by atoms with Gasteiger partial charge in [-0.2, -0.15) is 0 Å². The Hall–Kier alpha value is -0.0800. The first-order chi connectivity index (χ1) is 6.59. The van der Waals surface area contributed by atoms with E-state index in [1.165, 1.54) is 25.9 Å². The molecular formula is C12H28N2. The summed E-state index contributed by atoms with van der Waals surface area (Å²) in [5.41, 5.74) is 0. The quantitative estimate of drug-likeness (QED) is 0.605. The first kappa shape index (κ1) is 13.9. The van der Waals surface area contributed by atoms with E-state index in [2.05, 4.69) is 45.0 Å². The highest BCUT2D eigenvalue weighted by molar-refractivity contribution is 4.66. The van der Waals surface area contributed by atoms with Crippen LogP contribution in [0, 0.1) is 5.92 Å². The van der Waals surface area contributed by atoms with E-state index in [-0.39, 0.29) is 0 Å². The molecule has 0 bridgehead atoms. The van der Waals surface area contributed by atoms with Gasteiger partial charge in [-0.1, -0.05) is 20.8 Å². The number of rotatable bonds is 8. The summed E-state index contributed by atoms with van der Waals surface area (Å²) >= 11 is 0. The second kappa shape index (κ2) is 8.25. The van der Waals surface area contributed by atoms with Crippen LogP contribution in [0.2, 0.25) is 0 Å². The van der Waals surface area contributed by atoms with Crippen molar-refractivity contribution in [2.24, 2.45) is 5.92 Å². The molecule has 0 amide bonds. The van der Waals surface area contributed by atoms with E-state index >= 15 is 0 Å². The van der Waals surface area contributed by atoms with Crippen molar-refractivity contribution in [3.63, 3.8) is 0 Å². The first-order valence-corrected chi connectivity index (χ1v) is 6.00. The Balaban J connectivity index is 3.39. The van der Waals surface area contributed by atoms with Crippen molar-refractivity contribution in [3.8, 4) is 0 Å². The molecule has 1 N–H and O–H groups in total. The maximum absolute atomic E-state index is 3.36. The molecular weight excluding hydrogens is 172 g/mol. The molecule has 14 heavy (non-hydrogen) atoms. The molecule has 2 heteroatoms. The largest absolute Gasteiger partial charge is 0.317 e. The van der Waals surface area contributed by atoms with Crippen LogP contribution in [0.3, 0.4) is 0 Å². The minimum Gasteiger partial charge on any atom is -0.317 e. The molecule has 0 rings (SSSR count). The molecule has 1 atom stereocenters. The zero-order valence-electron chi connectivity index (χ0n) is 10.6. The molecule has 0 aliphatic rings. The Morgan fingerprint density at radius 1 is 1.14 bits per heavy atom. The zero-order valence-corrected chi connectivity index (χ0v) is 10.6. The van der Waals surface area contributed by atoms with Crippen molar-refractivity contribution in [3.05, 3.63) is 0 Å². The fourth-order valence-corrected chi connectivity index (χ4v) is 1.50. The van der Waals surface area contributed by atoms with Crippen molar-refractivity contribution < 1.29 is 0 Å². The van der Waals surface area contributed by atoms with Crippen LogP contribution in [-0.2, 0) is 0 Å². The van der Waals surface area contributed by atoms with Gasteiger partial charge in [0.1, 0.15) is 0 Å². The van der Waals surface area contributed by atoms with Crippen molar-refractivity contribution in [2.75, 3.05) is 26.7 Å². The number of unbranched alkanes of at least 4 members (excludes halogenated alkanes) is 1. The molecule has 1 unspecified atom stereocenters. The minimum absolute atomic E-state index is 0.703. The van der Waals surface area contributed by atoms with Gasteiger partial charge in [-0.25, -0.2) is 0 Å². The number of nitrogens with zero attached hydrogens (tertiary/aromatic N) is 1. The minimum atomic E-state index is 0.703. The summed E-state index contributed by atoms with van der Waals surface area (Å²) in [4.78, 5) is 2.47. The van der Waals surface area contributed by atoms with Gasteiger partial charge in [0.25, 0.3) is 0 Å². The summed E-state index contributed by atoms with van der Waals surface area (Å²) in [7, 11) is 2.23. The van der Waals surface area contributed by atoms with Gasteiger partial charge in [-0.3, -0.25) is 0 Å². The predicted molar refractivity (Wildman–Crippen MR) is 64.7 cm³/mol. The highest BCUT2D eigenvalue weighted by Crippen LogP contribution is 2.08. The third-order valence-corrected chi connectivity index (χ3v) is 3.02. The van der Waals surface area contributed by atoms with Gasteiger partial charge in [0, 0.05) is 6.04 Å². The van der Waals surface area contributed by atoms with Crippen LogP contribution in [0.25, 0.3) is 0 Å². The van der Waals surface area contributed by atoms with Crippen molar-refractivity contribution in [2.45, 2.75) is 46.6 Å². The lowest BCUT2D eigenvalue weighted by molar-refractivity contribution is 0.204. The van der Waals surface area contributed by atoms with E-state index in [4.69, 9.17) is 0 Å². The van der Waals surface area contributed by atoms with Crippen LogP contribution in [0.4, 0.5) is 0 Å². The average molecular weight is 200 g/mol. The summed E-state index contributed by atoms with van der Waals surface area (Å²) in [5, 5.41) is 3.36. The Morgan fingerprint density at radius 3 is 2.29 bits per heavy atom. The Morgan fingerprint density at radius 2 is 1.79 bits per heavy atom. The van der Waals surface area contributed by atoms with Gasteiger partial charge < -0.3 is 10.2 Å². The number of nitrogens with one attached hydrogen (secondary N) is 1. The highest BCUT2D eigenvalue weighted by Gasteiger charge is 2.11. The fourth-order valence-electron chi connectivity index (χ4n) is 1.50. The maximum atomic E-state index is 3.36. The monoisotopic (exact) mass is 200 g/mol. The summed E-state index contributed by atoms with van der Waals surface area (Å²) in [6, 6.07) is 0.703. The molecule has 0 aromatic rings. The van der Waals surface area contributed by atoms with Gasteiger partial charge in [-0.15, -0.1) is 0 Å². The van der Waals surface area contributed by atoms with E-state index in [1.807, 2.05) is 0 Å². The lowest BCUT2D eigenvalue weighted by Gasteiger charge is -2.27. The molecule has 0 aromatic heterocycles. The summed E-state index contributed by atoms with van der Waals surface area (Å²) in [6.45, 7) is 12.5. The Labute approximate surface area is 90.1 Å². The highest BCUT2D eigenvalue weighted by atomic mass is 15.1. The normalized spacial score (nSPS) is 13.9. The predicted octanol–water partition coefficient (Wildman–Crippen LogP) is 2.35. The van der Waals surface area contributed by atoms with Crippen molar-refractivity contribution in [1.82, 2.24) is 10.2 Å². The second-order valence-electron chi connectivity index (χ2n) is 4.53. The van der Waals surface area contributed by atoms with Crippen LogP contribution in [0.1, 0.15) is 40.5 Å². The SMILES string of the molecule is CCNCCCCN(C)C(C)C(C)C. The standard InChI is InChI=1S/C12H28N2/c1-6-13-9-7-8-10-14(5)12(4)11(2)3/h11-13H,6-10H2,1-5H3. The van der Waals surface area contributed by atoms with Crippen molar-refractivity contribution >= 4 is 0 Å². The molecule has 2 nitrogen and oxygen atoms in total. The van der Waals surface area contributed by atoms with Crippen molar-refractivity contribution in [1.29, 1.82) is 0 Å². The Kier molecular flexibility index (Phi) is 8.20. The number of hydrogen-bond acceptors (Lipinski definition) is 2. The lowest BCUT2D eigenvalue weighted by atomic mass is 10.1. The molecule has 0 aliphatic heterocycles. The van der Waals surface area contributed by atoms with Gasteiger partial charge in [0.2, 0.25) is 0 Å². The van der Waals surface area contributed by atoms with E-state index in [0.29, 0.717) is 6.04 Å². The van der Waals surface area contributed by atoms with Crippen LogP contribution in [0.5, 0.6) is 0 Å². The van der Waals surface area contributed by atoms with Crippen LogP contribution < -0.4 is 5.32 Å². The molecule has 0 radical (unpaired) electrons. The smallest absolute Gasteiger partial charge is 0.00868 e. The van der Waals surface area contributed by atoms with Crippen LogP contribution in [-0.4, -0.2) is 37.6 Å². The summed E-state index contributed by atoms with van der Waals surface area (Å²) < 4.78 is 0. The summed E-state index contributed by atoms with van der Waals surface area (Å²) in [5.74, 6) is 0.758. The average Bonchev–Trinajstić information content (AvgIpc) is 2.16. The molecule has 0 aliphatic carbocycles. The van der Waals surface area contributed by atoms with E-state index in [0.717, 1.165) is 12.5 Å². The molecule has 0 saturated heterocycles. The summed E-state index contributed by atoms with van der Waals surface area (Å²) in [6.07, 6.45) is 2.60. The molecule has 86 valence electrons. The second-order valence-corrected chi connectivity index (χ2v) is 4.53.